The smallest absolute Gasteiger partial charge is 0.309 e. The second kappa shape index (κ2) is 10.3. The Morgan fingerprint density at radius 3 is 2.41 bits per heavy atom. The van der Waals surface area contributed by atoms with E-state index < -0.39 is 0 Å². The summed E-state index contributed by atoms with van der Waals surface area (Å²) in [6.45, 7) is 1.73. The van der Waals surface area contributed by atoms with Crippen molar-refractivity contribution in [2.75, 3.05) is 26.3 Å². The summed E-state index contributed by atoms with van der Waals surface area (Å²) in [6, 6.07) is 19.4. The Morgan fingerprint density at radius 2 is 1.62 bits per heavy atom. The zero-order chi connectivity index (χ0) is 22.3. The number of hydrogen-bond acceptors (Lipinski definition) is 4. The first-order chi connectivity index (χ1) is 15.6. The molecule has 0 spiro atoms. The summed E-state index contributed by atoms with van der Waals surface area (Å²) in [5.41, 5.74) is 0.699. The maximum absolute atomic E-state index is 13.0. The molecule has 0 unspecified atom stereocenters. The number of rotatable bonds is 7. The van der Waals surface area contributed by atoms with Crippen LogP contribution >= 0.6 is 0 Å². The maximum atomic E-state index is 13.0. The highest BCUT2D eigenvalue weighted by atomic mass is 19.1. The Balaban J connectivity index is 1.20. The third-order valence-corrected chi connectivity index (χ3v) is 5.75. The van der Waals surface area contributed by atoms with E-state index in [2.05, 4.69) is 0 Å². The molecule has 0 aromatic heterocycles. The SMILES string of the molecule is O=C(OCCCOc1ccc(F)cc1)C1CCN(C(=O)c2cccc3ccccc23)CC1. The van der Waals surface area contributed by atoms with E-state index in [0.29, 0.717) is 50.3 Å². The van der Waals surface area contributed by atoms with Gasteiger partial charge in [-0.05, 0) is 53.9 Å². The third kappa shape index (κ3) is 5.25. The highest BCUT2D eigenvalue weighted by Gasteiger charge is 2.29. The average Bonchev–Trinajstić information content (AvgIpc) is 2.84. The van der Waals surface area contributed by atoms with Gasteiger partial charge in [-0.1, -0.05) is 36.4 Å². The van der Waals surface area contributed by atoms with Crippen LogP contribution in [0.5, 0.6) is 5.75 Å². The Morgan fingerprint density at radius 1 is 0.906 bits per heavy atom. The summed E-state index contributed by atoms with van der Waals surface area (Å²) in [5, 5.41) is 1.99. The molecular weight excluding hydrogens is 409 g/mol. The first kappa shape index (κ1) is 21.8. The fourth-order valence-electron chi connectivity index (χ4n) is 3.97. The Labute approximate surface area is 186 Å². The molecule has 1 fully saturated rings. The molecule has 0 saturated carbocycles. The van der Waals surface area contributed by atoms with Crippen LogP contribution in [-0.2, 0) is 9.53 Å². The number of nitrogens with zero attached hydrogens (tertiary/aromatic N) is 1. The van der Waals surface area contributed by atoms with E-state index in [1.807, 2.05) is 47.4 Å². The molecule has 1 amide bonds. The minimum Gasteiger partial charge on any atom is -0.493 e. The number of halogens is 1. The monoisotopic (exact) mass is 435 g/mol. The summed E-state index contributed by atoms with van der Waals surface area (Å²) >= 11 is 0. The van der Waals surface area contributed by atoms with E-state index >= 15 is 0 Å². The molecule has 4 rings (SSSR count). The van der Waals surface area contributed by atoms with Gasteiger partial charge in [-0.3, -0.25) is 9.59 Å². The topological polar surface area (TPSA) is 55.8 Å². The molecule has 3 aromatic carbocycles. The van der Waals surface area contributed by atoms with Crippen molar-refractivity contribution < 1.29 is 23.5 Å². The van der Waals surface area contributed by atoms with Crippen LogP contribution in [0.2, 0.25) is 0 Å². The van der Waals surface area contributed by atoms with E-state index in [1.165, 1.54) is 12.1 Å². The molecule has 3 aromatic rings. The summed E-state index contributed by atoms with van der Waals surface area (Å²) < 4.78 is 23.8. The molecule has 1 aliphatic heterocycles. The maximum Gasteiger partial charge on any atom is 0.309 e. The lowest BCUT2D eigenvalue weighted by Gasteiger charge is -2.31. The van der Waals surface area contributed by atoms with Gasteiger partial charge in [0, 0.05) is 25.1 Å². The number of hydrogen-bond donors (Lipinski definition) is 0. The Bertz CT molecular complexity index is 1070. The fraction of sp³-hybridized carbons (Fsp3) is 0.308. The van der Waals surface area contributed by atoms with Crippen molar-refractivity contribution in [2.24, 2.45) is 5.92 Å². The molecule has 166 valence electrons. The quantitative estimate of drug-likeness (QED) is 0.394. The Hall–Kier alpha value is -3.41. The number of benzene rings is 3. The van der Waals surface area contributed by atoms with Gasteiger partial charge in [-0.15, -0.1) is 0 Å². The van der Waals surface area contributed by atoms with E-state index in [1.54, 1.807) is 12.1 Å². The van der Waals surface area contributed by atoms with Crippen LogP contribution in [0, 0.1) is 11.7 Å². The minimum absolute atomic E-state index is 0.00607. The summed E-state index contributed by atoms with van der Waals surface area (Å²) in [7, 11) is 0. The second-order valence-electron chi connectivity index (χ2n) is 7.92. The van der Waals surface area contributed by atoms with Crippen LogP contribution in [-0.4, -0.2) is 43.1 Å². The number of likely N-dealkylation sites (tertiary alicyclic amines) is 1. The molecule has 32 heavy (non-hydrogen) atoms. The molecule has 0 bridgehead atoms. The standard InChI is InChI=1S/C26H26FNO4/c27-21-9-11-22(12-10-21)31-17-4-18-32-26(30)20-13-15-28(16-14-20)25(29)24-8-3-6-19-5-1-2-7-23(19)24/h1-3,5-12,20H,4,13-18H2. The largest absolute Gasteiger partial charge is 0.493 e. The Kier molecular flexibility index (Phi) is 7.00. The van der Waals surface area contributed by atoms with E-state index in [0.717, 1.165) is 10.8 Å². The van der Waals surface area contributed by atoms with Crippen molar-refractivity contribution >= 4 is 22.6 Å². The zero-order valence-electron chi connectivity index (χ0n) is 17.8. The van der Waals surface area contributed by atoms with Crippen molar-refractivity contribution in [3.63, 3.8) is 0 Å². The highest BCUT2D eigenvalue weighted by molar-refractivity contribution is 6.07. The van der Waals surface area contributed by atoms with Crippen molar-refractivity contribution in [3.05, 3.63) is 78.1 Å². The van der Waals surface area contributed by atoms with Crippen molar-refractivity contribution in [1.29, 1.82) is 0 Å². The van der Waals surface area contributed by atoms with Gasteiger partial charge in [0.05, 0.1) is 19.1 Å². The van der Waals surface area contributed by atoms with Gasteiger partial charge in [0.25, 0.3) is 5.91 Å². The van der Waals surface area contributed by atoms with Crippen molar-refractivity contribution in [3.8, 4) is 5.75 Å². The number of carbonyl (C=O) groups is 2. The summed E-state index contributed by atoms with van der Waals surface area (Å²) in [4.78, 5) is 27.2. The number of amides is 1. The summed E-state index contributed by atoms with van der Waals surface area (Å²) in [5.74, 6) is -0.128. The van der Waals surface area contributed by atoms with Crippen LogP contribution in [0.15, 0.2) is 66.7 Å². The molecule has 0 radical (unpaired) electrons. The number of esters is 1. The van der Waals surface area contributed by atoms with Crippen LogP contribution in [0.1, 0.15) is 29.6 Å². The normalized spacial score (nSPS) is 14.3. The molecule has 1 aliphatic rings. The van der Waals surface area contributed by atoms with Crippen LogP contribution < -0.4 is 4.74 Å². The number of carbonyl (C=O) groups excluding carboxylic acids is 2. The van der Waals surface area contributed by atoms with Gasteiger partial charge < -0.3 is 14.4 Å². The van der Waals surface area contributed by atoms with Gasteiger partial charge in [0.2, 0.25) is 0 Å². The fourth-order valence-corrected chi connectivity index (χ4v) is 3.97. The molecule has 1 saturated heterocycles. The van der Waals surface area contributed by atoms with Crippen molar-refractivity contribution in [2.45, 2.75) is 19.3 Å². The minimum atomic E-state index is -0.309. The first-order valence-corrected chi connectivity index (χ1v) is 10.9. The number of fused-ring (bicyclic) bond motifs is 1. The van der Waals surface area contributed by atoms with Gasteiger partial charge in [-0.2, -0.15) is 0 Å². The third-order valence-electron chi connectivity index (χ3n) is 5.75. The lowest BCUT2D eigenvalue weighted by atomic mass is 9.95. The predicted molar refractivity (Wildman–Crippen MR) is 120 cm³/mol. The number of piperidine rings is 1. The summed E-state index contributed by atoms with van der Waals surface area (Å²) in [6.07, 6.45) is 1.75. The van der Waals surface area contributed by atoms with Gasteiger partial charge in [0.1, 0.15) is 11.6 Å². The van der Waals surface area contributed by atoms with E-state index in [-0.39, 0.29) is 30.2 Å². The van der Waals surface area contributed by atoms with Crippen LogP contribution in [0.4, 0.5) is 4.39 Å². The predicted octanol–water partition coefficient (Wildman–Crippen LogP) is 4.84. The molecule has 0 aliphatic carbocycles. The van der Waals surface area contributed by atoms with Gasteiger partial charge in [-0.25, -0.2) is 4.39 Å². The average molecular weight is 435 g/mol. The zero-order valence-corrected chi connectivity index (χ0v) is 17.8. The second-order valence-corrected chi connectivity index (χ2v) is 7.92. The molecule has 6 heteroatoms. The van der Waals surface area contributed by atoms with Crippen LogP contribution in [0.25, 0.3) is 10.8 Å². The van der Waals surface area contributed by atoms with Crippen LogP contribution in [0.3, 0.4) is 0 Å². The van der Waals surface area contributed by atoms with Crippen molar-refractivity contribution in [1.82, 2.24) is 4.90 Å². The molecule has 0 N–H and O–H groups in total. The van der Waals surface area contributed by atoms with Gasteiger partial charge >= 0.3 is 5.97 Å². The number of ether oxygens (including phenoxy) is 2. The molecular formula is C26H26FNO4. The lowest BCUT2D eigenvalue weighted by molar-refractivity contribution is -0.150. The molecule has 5 nitrogen and oxygen atoms in total. The first-order valence-electron chi connectivity index (χ1n) is 10.9. The van der Waals surface area contributed by atoms with E-state index in [4.69, 9.17) is 9.47 Å². The lowest BCUT2D eigenvalue weighted by Crippen LogP contribution is -2.40. The van der Waals surface area contributed by atoms with E-state index in [9.17, 15) is 14.0 Å². The molecule has 1 heterocycles. The highest BCUT2D eigenvalue weighted by Crippen LogP contribution is 2.24. The van der Waals surface area contributed by atoms with Gasteiger partial charge in [0.15, 0.2) is 0 Å². The molecule has 0 atom stereocenters.